The molecular weight excluding hydrogens is 302 g/mol. The zero-order chi connectivity index (χ0) is 15.5. The molecule has 6 heteroatoms. The van der Waals surface area contributed by atoms with Crippen LogP contribution in [-0.4, -0.2) is 21.4 Å². The lowest BCUT2D eigenvalue weighted by Crippen LogP contribution is -1.93. The van der Waals surface area contributed by atoms with Crippen molar-refractivity contribution in [1.82, 2.24) is 4.98 Å². The summed E-state index contributed by atoms with van der Waals surface area (Å²) in [7, 11) is 0. The number of hydrogen-bond acceptors (Lipinski definition) is 5. The number of halogens is 1. The van der Waals surface area contributed by atoms with E-state index in [1.54, 1.807) is 30.5 Å². The van der Waals surface area contributed by atoms with Crippen molar-refractivity contribution in [3.05, 3.63) is 59.2 Å². The highest BCUT2D eigenvalue weighted by molar-refractivity contribution is 6.31. The molecule has 22 heavy (non-hydrogen) atoms. The second-order valence-electron chi connectivity index (χ2n) is 4.63. The van der Waals surface area contributed by atoms with Gasteiger partial charge in [-0.05, 0) is 36.4 Å². The van der Waals surface area contributed by atoms with Crippen molar-refractivity contribution in [1.29, 1.82) is 0 Å². The first-order valence-electron chi connectivity index (χ1n) is 6.49. The molecule has 1 heterocycles. The number of anilines is 1. The molecule has 2 aromatic carbocycles. The van der Waals surface area contributed by atoms with Gasteiger partial charge in [0.25, 0.3) is 0 Å². The second-order valence-corrected chi connectivity index (χ2v) is 5.07. The minimum Gasteiger partial charge on any atom is -0.508 e. The Morgan fingerprint density at radius 2 is 1.95 bits per heavy atom. The van der Waals surface area contributed by atoms with Gasteiger partial charge in [0, 0.05) is 28.2 Å². The molecule has 0 saturated carbocycles. The van der Waals surface area contributed by atoms with E-state index in [4.69, 9.17) is 11.6 Å². The van der Waals surface area contributed by atoms with Crippen molar-refractivity contribution in [2.75, 3.05) is 5.43 Å². The number of hydrogen-bond donors (Lipinski definition) is 3. The van der Waals surface area contributed by atoms with Crippen LogP contribution in [-0.2, 0) is 0 Å². The van der Waals surface area contributed by atoms with Crippen LogP contribution >= 0.6 is 11.6 Å². The number of nitrogens with one attached hydrogen (secondary N) is 1. The summed E-state index contributed by atoms with van der Waals surface area (Å²) in [5.41, 5.74) is 4.94. The van der Waals surface area contributed by atoms with E-state index in [1.807, 2.05) is 6.07 Å². The predicted octanol–water partition coefficient (Wildman–Crippen LogP) is 3.75. The number of aromatic nitrogens is 1. The molecule has 5 nitrogen and oxygen atoms in total. The SMILES string of the molecule is Oc1ccc(/C=N/Nc2ccnc3cc(Cl)ccc23)c(O)c1. The van der Waals surface area contributed by atoms with Gasteiger partial charge in [-0.3, -0.25) is 10.4 Å². The molecule has 0 spiro atoms. The summed E-state index contributed by atoms with van der Waals surface area (Å²) in [6.45, 7) is 0. The lowest BCUT2D eigenvalue weighted by Gasteiger charge is -2.05. The Hall–Kier alpha value is -2.79. The molecule has 0 unspecified atom stereocenters. The highest BCUT2D eigenvalue weighted by Gasteiger charge is 2.02. The topological polar surface area (TPSA) is 77.7 Å². The number of benzene rings is 2. The summed E-state index contributed by atoms with van der Waals surface area (Å²) in [5, 5.41) is 24.5. The zero-order valence-corrected chi connectivity index (χ0v) is 12.1. The Morgan fingerprint density at radius 3 is 2.77 bits per heavy atom. The molecule has 0 bridgehead atoms. The Bertz CT molecular complexity index is 865. The molecule has 0 saturated heterocycles. The third kappa shape index (κ3) is 2.94. The van der Waals surface area contributed by atoms with Gasteiger partial charge in [0.15, 0.2) is 0 Å². The van der Waals surface area contributed by atoms with Crippen LogP contribution < -0.4 is 5.43 Å². The summed E-state index contributed by atoms with van der Waals surface area (Å²) in [5.74, 6) is -0.0449. The quantitative estimate of drug-likeness (QED) is 0.508. The van der Waals surface area contributed by atoms with Crippen LogP contribution in [0.3, 0.4) is 0 Å². The molecule has 3 rings (SSSR count). The fourth-order valence-corrected chi connectivity index (χ4v) is 2.20. The number of fused-ring (bicyclic) bond motifs is 1. The molecular formula is C16H12ClN3O2. The first kappa shape index (κ1) is 14.2. The van der Waals surface area contributed by atoms with Crippen molar-refractivity contribution < 1.29 is 10.2 Å². The lowest BCUT2D eigenvalue weighted by molar-refractivity contribution is 0.450. The van der Waals surface area contributed by atoms with Crippen LogP contribution in [0.5, 0.6) is 11.5 Å². The Morgan fingerprint density at radius 1 is 1.09 bits per heavy atom. The van der Waals surface area contributed by atoms with E-state index >= 15 is 0 Å². The molecule has 0 aliphatic rings. The smallest absolute Gasteiger partial charge is 0.128 e. The fourth-order valence-electron chi connectivity index (χ4n) is 2.03. The summed E-state index contributed by atoms with van der Waals surface area (Å²) in [4.78, 5) is 4.25. The highest BCUT2D eigenvalue weighted by atomic mass is 35.5. The normalized spacial score (nSPS) is 11.1. The van der Waals surface area contributed by atoms with E-state index in [0.29, 0.717) is 10.6 Å². The standard InChI is InChI=1S/C16H12ClN3O2/c17-11-2-4-13-14(5-6-18-15(13)7-11)20-19-9-10-1-3-12(21)8-16(10)22/h1-9,21-22H,(H,18,20)/b19-9+. The van der Waals surface area contributed by atoms with Gasteiger partial charge in [-0.2, -0.15) is 5.10 Å². The zero-order valence-electron chi connectivity index (χ0n) is 11.4. The first-order valence-corrected chi connectivity index (χ1v) is 6.86. The van der Waals surface area contributed by atoms with Gasteiger partial charge in [0.1, 0.15) is 11.5 Å². The maximum absolute atomic E-state index is 9.69. The van der Waals surface area contributed by atoms with Gasteiger partial charge in [0.2, 0.25) is 0 Å². The summed E-state index contributed by atoms with van der Waals surface area (Å²) < 4.78 is 0. The van der Waals surface area contributed by atoms with E-state index in [-0.39, 0.29) is 11.5 Å². The molecule has 0 fully saturated rings. The van der Waals surface area contributed by atoms with Crippen LogP contribution in [0, 0.1) is 0 Å². The Kier molecular flexibility index (Phi) is 3.80. The Balaban J connectivity index is 1.86. The second kappa shape index (κ2) is 5.91. The number of phenols is 2. The number of hydrazone groups is 1. The van der Waals surface area contributed by atoms with Crippen molar-refractivity contribution in [3.8, 4) is 11.5 Å². The molecule has 0 aliphatic heterocycles. The maximum Gasteiger partial charge on any atom is 0.128 e. The third-order valence-electron chi connectivity index (χ3n) is 3.11. The molecule has 0 radical (unpaired) electrons. The largest absolute Gasteiger partial charge is 0.508 e. The monoisotopic (exact) mass is 313 g/mol. The van der Waals surface area contributed by atoms with Gasteiger partial charge < -0.3 is 10.2 Å². The van der Waals surface area contributed by atoms with Gasteiger partial charge in [-0.1, -0.05) is 11.6 Å². The predicted molar refractivity (Wildman–Crippen MR) is 87.7 cm³/mol. The van der Waals surface area contributed by atoms with Crippen molar-refractivity contribution in [2.24, 2.45) is 5.10 Å². The van der Waals surface area contributed by atoms with Crippen molar-refractivity contribution in [3.63, 3.8) is 0 Å². The minimum absolute atomic E-state index is 0.000356. The fraction of sp³-hybridized carbons (Fsp3) is 0. The van der Waals surface area contributed by atoms with Crippen LogP contribution in [0.4, 0.5) is 5.69 Å². The molecule has 0 amide bonds. The van der Waals surface area contributed by atoms with E-state index in [1.165, 1.54) is 18.3 Å². The van der Waals surface area contributed by atoms with E-state index in [0.717, 1.165) is 16.6 Å². The average molecular weight is 314 g/mol. The van der Waals surface area contributed by atoms with Crippen LogP contribution in [0.25, 0.3) is 10.9 Å². The molecule has 0 aliphatic carbocycles. The minimum atomic E-state index is -0.0445. The lowest BCUT2D eigenvalue weighted by atomic mass is 10.2. The van der Waals surface area contributed by atoms with Crippen LogP contribution in [0.2, 0.25) is 5.02 Å². The maximum atomic E-state index is 9.69. The van der Waals surface area contributed by atoms with Crippen LogP contribution in [0.1, 0.15) is 5.56 Å². The molecule has 3 N–H and O–H groups in total. The van der Waals surface area contributed by atoms with Crippen molar-refractivity contribution in [2.45, 2.75) is 0 Å². The van der Waals surface area contributed by atoms with E-state index in [9.17, 15) is 10.2 Å². The number of aromatic hydroxyl groups is 2. The number of rotatable bonds is 3. The number of pyridine rings is 1. The highest BCUT2D eigenvalue weighted by Crippen LogP contribution is 2.25. The first-order chi connectivity index (χ1) is 10.6. The van der Waals surface area contributed by atoms with E-state index < -0.39 is 0 Å². The van der Waals surface area contributed by atoms with Crippen LogP contribution in [0.15, 0.2) is 53.8 Å². The number of phenolic OH excluding ortho intramolecular Hbond substituents is 2. The molecule has 3 aromatic rings. The number of nitrogens with zero attached hydrogens (tertiary/aromatic N) is 2. The summed E-state index contributed by atoms with van der Waals surface area (Å²) in [6.07, 6.45) is 3.13. The summed E-state index contributed by atoms with van der Waals surface area (Å²) >= 11 is 5.95. The van der Waals surface area contributed by atoms with Gasteiger partial charge in [0.05, 0.1) is 17.4 Å². The van der Waals surface area contributed by atoms with Gasteiger partial charge >= 0.3 is 0 Å². The third-order valence-corrected chi connectivity index (χ3v) is 3.34. The van der Waals surface area contributed by atoms with E-state index in [2.05, 4.69) is 15.5 Å². The Labute approximate surface area is 131 Å². The molecule has 110 valence electrons. The van der Waals surface area contributed by atoms with Crippen molar-refractivity contribution >= 4 is 34.4 Å². The summed E-state index contributed by atoms with van der Waals surface area (Å²) in [6, 6.07) is 11.5. The van der Waals surface area contributed by atoms with Gasteiger partial charge in [-0.15, -0.1) is 0 Å². The van der Waals surface area contributed by atoms with Gasteiger partial charge in [-0.25, -0.2) is 0 Å². The molecule has 1 aromatic heterocycles. The average Bonchev–Trinajstić information content (AvgIpc) is 2.49. The molecule has 0 atom stereocenters.